The highest BCUT2D eigenvalue weighted by atomic mass is 32.2. The number of hydrogen-bond acceptors (Lipinski definition) is 5. The second-order valence-electron chi connectivity index (χ2n) is 6.91. The predicted octanol–water partition coefficient (Wildman–Crippen LogP) is 4.63. The highest BCUT2D eigenvalue weighted by Crippen LogP contribution is 2.26. The molecule has 0 aliphatic heterocycles. The van der Waals surface area contributed by atoms with E-state index in [1.165, 1.54) is 17.8 Å². The van der Waals surface area contributed by atoms with Gasteiger partial charge in [-0.2, -0.15) is 0 Å². The Morgan fingerprint density at radius 3 is 2.48 bits per heavy atom. The van der Waals surface area contributed by atoms with E-state index in [2.05, 4.69) is 15.3 Å². The van der Waals surface area contributed by atoms with Gasteiger partial charge in [-0.05, 0) is 35.6 Å². The first-order valence-electron chi connectivity index (χ1n) is 9.72. The number of rotatable bonds is 8. The smallest absolute Gasteiger partial charge is 0.307 e. The van der Waals surface area contributed by atoms with Gasteiger partial charge in [0.05, 0.1) is 6.42 Å². The molecule has 1 atom stereocenters. The van der Waals surface area contributed by atoms with E-state index >= 15 is 0 Å². The molecule has 7 heteroatoms. The van der Waals surface area contributed by atoms with Crippen LogP contribution in [0.2, 0.25) is 0 Å². The standard InChI is InChI=1S/C24H23N3O3S/c1-16(23-25-15-19(14-22(29)30)24(27-23)31-2)18-9-11-20(12-10-18)26-21(28)13-8-17-6-4-3-5-7-17/h3-13,15-16H,14H2,1-2H3,(H,26,28)(H,29,30). The number of carbonyl (C=O) groups is 2. The van der Waals surface area contributed by atoms with Crippen LogP contribution in [0.15, 0.2) is 71.9 Å². The van der Waals surface area contributed by atoms with Gasteiger partial charge in [0.25, 0.3) is 0 Å². The summed E-state index contributed by atoms with van der Waals surface area (Å²) < 4.78 is 0. The molecule has 31 heavy (non-hydrogen) atoms. The lowest BCUT2D eigenvalue weighted by atomic mass is 10.00. The third-order valence-electron chi connectivity index (χ3n) is 4.67. The molecule has 0 bridgehead atoms. The van der Waals surface area contributed by atoms with Gasteiger partial charge in [-0.1, -0.05) is 49.4 Å². The molecule has 0 saturated heterocycles. The third kappa shape index (κ3) is 6.26. The summed E-state index contributed by atoms with van der Waals surface area (Å²) in [6, 6.07) is 17.2. The Kier molecular flexibility index (Phi) is 7.56. The second kappa shape index (κ2) is 10.5. The number of carboxylic acids is 1. The first-order valence-corrected chi connectivity index (χ1v) is 10.9. The summed E-state index contributed by atoms with van der Waals surface area (Å²) in [5.74, 6) is -0.559. The van der Waals surface area contributed by atoms with Crippen LogP contribution in [0.25, 0.3) is 6.08 Å². The molecule has 0 spiro atoms. The maximum absolute atomic E-state index is 12.1. The van der Waals surface area contributed by atoms with Crippen molar-refractivity contribution in [3.05, 3.63) is 89.4 Å². The largest absolute Gasteiger partial charge is 0.481 e. The lowest BCUT2D eigenvalue weighted by Crippen LogP contribution is -2.09. The van der Waals surface area contributed by atoms with Crippen LogP contribution in [0.4, 0.5) is 5.69 Å². The highest BCUT2D eigenvalue weighted by Gasteiger charge is 2.16. The van der Waals surface area contributed by atoms with E-state index in [0.29, 0.717) is 22.1 Å². The van der Waals surface area contributed by atoms with Gasteiger partial charge in [-0.25, -0.2) is 9.97 Å². The number of carbonyl (C=O) groups excluding carboxylic acids is 1. The number of carboxylic acid groups (broad SMARTS) is 1. The quantitative estimate of drug-likeness (QED) is 0.306. The number of hydrogen-bond donors (Lipinski definition) is 2. The van der Waals surface area contributed by atoms with Crippen molar-refractivity contribution in [3.63, 3.8) is 0 Å². The van der Waals surface area contributed by atoms with Crippen molar-refractivity contribution >= 4 is 35.4 Å². The van der Waals surface area contributed by atoms with Crippen molar-refractivity contribution in [2.45, 2.75) is 24.3 Å². The minimum Gasteiger partial charge on any atom is -0.481 e. The fourth-order valence-electron chi connectivity index (χ4n) is 3.00. The molecule has 1 amide bonds. The van der Waals surface area contributed by atoms with Crippen LogP contribution in [0, 0.1) is 0 Å². The zero-order chi connectivity index (χ0) is 22.2. The van der Waals surface area contributed by atoms with Gasteiger partial charge >= 0.3 is 5.97 Å². The maximum atomic E-state index is 12.1. The average Bonchev–Trinajstić information content (AvgIpc) is 2.78. The number of amides is 1. The molecular weight excluding hydrogens is 410 g/mol. The van der Waals surface area contributed by atoms with Crippen molar-refractivity contribution in [2.24, 2.45) is 0 Å². The zero-order valence-electron chi connectivity index (χ0n) is 17.3. The predicted molar refractivity (Wildman–Crippen MR) is 123 cm³/mol. The molecule has 3 aromatic rings. The van der Waals surface area contributed by atoms with Gasteiger partial charge in [-0.15, -0.1) is 11.8 Å². The monoisotopic (exact) mass is 433 g/mol. The summed E-state index contributed by atoms with van der Waals surface area (Å²) in [4.78, 5) is 32.1. The van der Waals surface area contributed by atoms with Crippen LogP contribution in [-0.2, 0) is 16.0 Å². The first-order chi connectivity index (χ1) is 15.0. The maximum Gasteiger partial charge on any atom is 0.307 e. The van der Waals surface area contributed by atoms with Crippen LogP contribution >= 0.6 is 11.8 Å². The molecular formula is C24H23N3O3S. The Morgan fingerprint density at radius 2 is 1.84 bits per heavy atom. The summed E-state index contributed by atoms with van der Waals surface area (Å²) in [6.07, 6.45) is 6.62. The molecule has 6 nitrogen and oxygen atoms in total. The van der Waals surface area contributed by atoms with E-state index in [0.717, 1.165) is 11.1 Å². The fraction of sp³-hybridized carbons (Fsp3) is 0.167. The molecule has 0 radical (unpaired) electrons. The van der Waals surface area contributed by atoms with Crippen LogP contribution in [0.5, 0.6) is 0 Å². The summed E-state index contributed by atoms with van der Waals surface area (Å²) in [6.45, 7) is 1.99. The van der Waals surface area contributed by atoms with E-state index in [1.54, 1.807) is 12.3 Å². The Morgan fingerprint density at radius 1 is 1.13 bits per heavy atom. The summed E-state index contributed by atoms with van der Waals surface area (Å²) in [5.41, 5.74) is 3.26. The van der Waals surface area contributed by atoms with Gasteiger partial charge in [0.1, 0.15) is 10.9 Å². The van der Waals surface area contributed by atoms with E-state index in [1.807, 2.05) is 67.8 Å². The van der Waals surface area contributed by atoms with Crippen molar-refractivity contribution in [3.8, 4) is 0 Å². The van der Waals surface area contributed by atoms with E-state index < -0.39 is 5.97 Å². The Hall–Kier alpha value is -3.45. The first kappa shape index (κ1) is 22.2. The van der Waals surface area contributed by atoms with Crippen LogP contribution in [0.3, 0.4) is 0 Å². The van der Waals surface area contributed by atoms with Gasteiger partial charge in [0.2, 0.25) is 5.91 Å². The Balaban J connectivity index is 1.67. The number of thioether (sulfide) groups is 1. The van der Waals surface area contributed by atoms with Gasteiger partial charge in [0, 0.05) is 29.4 Å². The molecule has 1 aromatic heterocycles. The van der Waals surface area contributed by atoms with Crippen LogP contribution in [0.1, 0.15) is 35.4 Å². The minimum atomic E-state index is -0.907. The van der Waals surface area contributed by atoms with E-state index in [-0.39, 0.29) is 18.2 Å². The summed E-state index contributed by atoms with van der Waals surface area (Å²) >= 11 is 1.41. The molecule has 3 rings (SSSR count). The molecule has 0 fully saturated rings. The molecule has 0 aliphatic rings. The number of nitrogens with one attached hydrogen (secondary N) is 1. The lowest BCUT2D eigenvalue weighted by molar-refractivity contribution is -0.136. The molecule has 2 aromatic carbocycles. The van der Waals surface area contributed by atoms with E-state index in [4.69, 9.17) is 5.11 Å². The lowest BCUT2D eigenvalue weighted by Gasteiger charge is -2.14. The molecule has 158 valence electrons. The fourth-order valence-corrected chi connectivity index (χ4v) is 3.57. The van der Waals surface area contributed by atoms with Crippen LogP contribution < -0.4 is 5.32 Å². The Labute approximate surface area is 185 Å². The SMILES string of the molecule is CSc1nc(C(C)c2ccc(NC(=O)C=Cc3ccccc3)cc2)ncc1CC(=O)O. The number of aliphatic carboxylic acids is 1. The van der Waals surface area contributed by atoms with Gasteiger partial charge in [0.15, 0.2) is 0 Å². The zero-order valence-corrected chi connectivity index (χ0v) is 18.1. The van der Waals surface area contributed by atoms with E-state index in [9.17, 15) is 9.59 Å². The van der Waals surface area contributed by atoms with Crippen molar-refractivity contribution < 1.29 is 14.7 Å². The molecule has 1 heterocycles. The van der Waals surface area contributed by atoms with Gasteiger partial charge in [-0.3, -0.25) is 9.59 Å². The van der Waals surface area contributed by atoms with Gasteiger partial charge < -0.3 is 10.4 Å². The number of aromatic nitrogens is 2. The number of nitrogens with zero attached hydrogens (tertiary/aromatic N) is 2. The minimum absolute atomic E-state index is 0.0764. The second-order valence-corrected chi connectivity index (χ2v) is 7.71. The molecule has 0 aliphatic carbocycles. The number of benzene rings is 2. The van der Waals surface area contributed by atoms with Crippen molar-refractivity contribution in [1.29, 1.82) is 0 Å². The van der Waals surface area contributed by atoms with Crippen LogP contribution in [-0.4, -0.2) is 33.2 Å². The summed E-state index contributed by atoms with van der Waals surface area (Å²) in [7, 11) is 0. The highest BCUT2D eigenvalue weighted by molar-refractivity contribution is 7.98. The van der Waals surface area contributed by atoms with Crippen molar-refractivity contribution in [1.82, 2.24) is 9.97 Å². The average molecular weight is 434 g/mol. The number of anilines is 1. The third-order valence-corrected chi connectivity index (χ3v) is 5.41. The topological polar surface area (TPSA) is 92.2 Å². The molecule has 1 unspecified atom stereocenters. The molecule has 0 saturated carbocycles. The normalized spacial score (nSPS) is 11.9. The Bertz CT molecular complexity index is 1080. The molecule has 2 N–H and O–H groups in total. The van der Waals surface area contributed by atoms with Crippen molar-refractivity contribution in [2.75, 3.05) is 11.6 Å². The summed E-state index contributed by atoms with van der Waals surface area (Å²) in [5, 5.41) is 12.5.